The number of hydrogen-bond acceptors (Lipinski definition) is 3. The van der Waals surface area contributed by atoms with Crippen molar-refractivity contribution in [2.75, 3.05) is 0 Å². The number of imidazole rings is 1. The highest BCUT2D eigenvalue weighted by Crippen LogP contribution is 2.18. The zero-order chi connectivity index (χ0) is 17.1. The summed E-state index contributed by atoms with van der Waals surface area (Å²) in [5, 5.41) is 0. The minimum Gasteiger partial charge on any atom is -0.299 e. The van der Waals surface area contributed by atoms with Gasteiger partial charge >= 0.3 is 0 Å². The molecule has 2 aromatic carbocycles. The second-order valence-electron chi connectivity index (χ2n) is 5.63. The number of para-hydroxylation sites is 2. The lowest BCUT2D eigenvalue weighted by molar-refractivity contribution is 0.104. The molecule has 0 spiro atoms. The number of pyridine rings is 1. The number of ketones is 1. The highest BCUT2D eigenvalue weighted by Gasteiger charge is 2.04. The maximum absolute atomic E-state index is 12.1. The van der Waals surface area contributed by atoms with Gasteiger partial charge in [0, 0.05) is 23.6 Å². The van der Waals surface area contributed by atoms with Crippen LogP contribution >= 0.6 is 0 Å². The third-order valence-electron chi connectivity index (χ3n) is 4.00. The van der Waals surface area contributed by atoms with Crippen LogP contribution in [0.15, 0.2) is 85.5 Å². The average Bonchev–Trinajstić information content (AvgIpc) is 3.11. The molecular formula is C21H15N3O. The standard InChI is InChI=1S/C21H15N3O/c25-21(17-4-3-13-22-14-17)12-9-16-7-10-18(11-8-16)24-15-23-19-5-1-2-6-20(19)24/h1-15H/b12-9+. The van der Waals surface area contributed by atoms with Crippen molar-refractivity contribution < 1.29 is 4.79 Å². The van der Waals surface area contributed by atoms with E-state index in [2.05, 4.69) is 9.97 Å². The van der Waals surface area contributed by atoms with E-state index in [-0.39, 0.29) is 5.78 Å². The molecule has 2 aromatic heterocycles. The third-order valence-corrected chi connectivity index (χ3v) is 4.00. The zero-order valence-electron chi connectivity index (χ0n) is 13.4. The van der Waals surface area contributed by atoms with Gasteiger partial charge in [0.25, 0.3) is 0 Å². The maximum atomic E-state index is 12.1. The molecule has 2 heterocycles. The van der Waals surface area contributed by atoms with Gasteiger partial charge < -0.3 is 0 Å². The van der Waals surface area contributed by atoms with Crippen molar-refractivity contribution in [3.8, 4) is 5.69 Å². The number of carbonyl (C=O) groups is 1. The summed E-state index contributed by atoms with van der Waals surface area (Å²) in [5.41, 5.74) is 4.61. The van der Waals surface area contributed by atoms with E-state index in [1.54, 1.807) is 30.6 Å². The van der Waals surface area contributed by atoms with Crippen LogP contribution in [0.4, 0.5) is 0 Å². The molecular weight excluding hydrogens is 310 g/mol. The topological polar surface area (TPSA) is 47.8 Å². The van der Waals surface area contributed by atoms with Crippen molar-refractivity contribution in [2.24, 2.45) is 0 Å². The van der Waals surface area contributed by atoms with E-state index in [4.69, 9.17) is 0 Å². The van der Waals surface area contributed by atoms with Gasteiger partial charge in [0.05, 0.1) is 11.0 Å². The molecule has 0 saturated heterocycles. The van der Waals surface area contributed by atoms with E-state index in [1.165, 1.54) is 0 Å². The Bertz CT molecular complexity index is 1050. The van der Waals surface area contributed by atoms with Crippen molar-refractivity contribution in [3.05, 3.63) is 96.6 Å². The van der Waals surface area contributed by atoms with Crippen molar-refractivity contribution >= 4 is 22.9 Å². The predicted octanol–water partition coefficient (Wildman–Crippen LogP) is 4.32. The van der Waals surface area contributed by atoms with Gasteiger partial charge in [0.1, 0.15) is 6.33 Å². The summed E-state index contributed by atoms with van der Waals surface area (Å²) in [6.07, 6.45) is 8.42. The molecule has 4 rings (SSSR count). The Labute approximate surface area is 145 Å². The van der Waals surface area contributed by atoms with Crippen LogP contribution in [0.5, 0.6) is 0 Å². The monoisotopic (exact) mass is 325 g/mol. The van der Waals surface area contributed by atoms with E-state index in [1.807, 2.05) is 65.5 Å². The van der Waals surface area contributed by atoms with Crippen LogP contribution in [0, 0.1) is 0 Å². The zero-order valence-corrected chi connectivity index (χ0v) is 13.4. The molecule has 0 saturated carbocycles. The van der Waals surface area contributed by atoms with E-state index in [9.17, 15) is 4.79 Å². The first-order chi connectivity index (χ1) is 12.3. The number of carbonyl (C=O) groups excluding carboxylic acids is 1. The fourth-order valence-corrected chi connectivity index (χ4v) is 2.69. The van der Waals surface area contributed by atoms with Crippen molar-refractivity contribution in [1.82, 2.24) is 14.5 Å². The molecule has 0 unspecified atom stereocenters. The van der Waals surface area contributed by atoms with Crippen LogP contribution in [-0.2, 0) is 0 Å². The number of nitrogens with zero attached hydrogens (tertiary/aromatic N) is 3. The molecule has 0 atom stereocenters. The van der Waals surface area contributed by atoms with E-state index in [0.29, 0.717) is 5.56 Å². The van der Waals surface area contributed by atoms with Crippen molar-refractivity contribution in [3.63, 3.8) is 0 Å². The number of aromatic nitrogens is 3. The van der Waals surface area contributed by atoms with Gasteiger partial charge in [-0.25, -0.2) is 4.98 Å². The molecule has 0 bridgehead atoms. The van der Waals surface area contributed by atoms with Crippen LogP contribution in [0.3, 0.4) is 0 Å². The Balaban J connectivity index is 1.56. The number of benzene rings is 2. The highest BCUT2D eigenvalue weighted by molar-refractivity contribution is 6.06. The van der Waals surface area contributed by atoms with E-state index in [0.717, 1.165) is 22.3 Å². The Hall–Kier alpha value is -3.53. The second kappa shape index (κ2) is 6.53. The van der Waals surface area contributed by atoms with Gasteiger partial charge in [0.2, 0.25) is 0 Å². The van der Waals surface area contributed by atoms with Gasteiger partial charge in [-0.05, 0) is 48.0 Å². The third kappa shape index (κ3) is 3.10. The first kappa shape index (κ1) is 15.0. The van der Waals surface area contributed by atoms with Crippen molar-refractivity contribution in [1.29, 1.82) is 0 Å². The molecule has 4 heteroatoms. The minimum absolute atomic E-state index is 0.0576. The minimum atomic E-state index is -0.0576. The lowest BCUT2D eigenvalue weighted by Gasteiger charge is -2.04. The lowest BCUT2D eigenvalue weighted by atomic mass is 10.1. The molecule has 0 fully saturated rings. The van der Waals surface area contributed by atoms with Crippen LogP contribution < -0.4 is 0 Å². The molecule has 0 aliphatic carbocycles. The van der Waals surface area contributed by atoms with E-state index >= 15 is 0 Å². The largest absolute Gasteiger partial charge is 0.299 e. The fourth-order valence-electron chi connectivity index (χ4n) is 2.69. The van der Waals surface area contributed by atoms with Crippen LogP contribution in [0.2, 0.25) is 0 Å². The molecule has 0 aliphatic rings. The normalized spacial score (nSPS) is 11.2. The fraction of sp³-hybridized carbons (Fsp3) is 0. The van der Waals surface area contributed by atoms with Crippen LogP contribution in [0.1, 0.15) is 15.9 Å². The smallest absolute Gasteiger partial charge is 0.187 e. The predicted molar refractivity (Wildman–Crippen MR) is 98.7 cm³/mol. The van der Waals surface area contributed by atoms with Gasteiger partial charge in [-0.3, -0.25) is 14.3 Å². The average molecular weight is 325 g/mol. The SMILES string of the molecule is O=C(/C=C/c1ccc(-n2cnc3ccccc32)cc1)c1cccnc1. The maximum Gasteiger partial charge on any atom is 0.187 e. The van der Waals surface area contributed by atoms with Gasteiger partial charge in [-0.15, -0.1) is 0 Å². The lowest BCUT2D eigenvalue weighted by Crippen LogP contribution is -1.94. The van der Waals surface area contributed by atoms with Gasteiger partial charge in [-0.2, -0.15) is 0 Å². The number of fused-ring (bicyclic) bond motifs is 1. The summed E-state index contributed by atoms with van der Waals surface area (Å²) >= 11 is 0. The van der Waals surface area contributed by atoms with Crippen molar-refractivity contribution in [2.45, 2.75) is 0 Å². The summed E-state index contributed by atoms with van der Waals surface area (Å²) in [6, 6.07) is 19.5. The quantitative estimate of drug-likeness (QED) is 0.415. The second-order valence-corrected chi connectivity index (χ2v) is 5.63. The molecule has 25 heavy (non-hydrogen) atoms. The molecule has 0 amide bonds. The Kier molecular flexibility index (Phi) is 3.92. The molecule has 120 valence electrons. The Morgan fingerprint density at radius 2 is 1.80 bits per heavy atom. The first-order valence-electron chi connectivity index (χ1n) is 7.96. The number of allylic oxidation sites excluding steroid dienone is 1. The van der Waals surface area contributed by atoms with Crippen LogP contribution in [0.25, 0.3) is 22.8 Å². The summed E-state index contributed by atoms with van der Waals surface area (Å²) < 4.78 is 2.05. The van der Waals surface area contributed by atoms with Gasteiger partial charge in [0.15, 0.2) is 5.78 Å². The van der Waals surface area contributed by atoms with Crippen LogP contribution in [-0.4, -0.2) is 20.3 Å². The molecule has 4 nitrogen and oxygen atoms in total. The van der Waals surface area contributed by atoms with E-state index < -0.39 is 0 Å². The Morgan fingerprint density at radius 1 is 0.960 bits per heavy atom. The highest BCUT2D eigenvalue weighted by atomic mass is 16.1. The summed E-state index contributed by atoms with van der Waals surface area (Å²) in [5.74, 6) is -0.0576. The number of rotatable bonds is 4. The Morgan fingerprint density at radius 3 is 2.60 bits per heavy atom. The summed E-state index contributed by atoms with van der Waals surface area (Å²) in [6.45, 7) is 0. The number of hydrogen-bond donors (Lipinski definition) is 0. The summed E-state index contributed by atoms with van der Waals surface area (Å²) in [7, 11) is 0. The molecule has 0 N–H and O–H groups in total. The van der Waals surface area contributed by atoms with Gasteiger partial charge in [-0.1, -0.05) is 30.3 Å². The molecule has 4 aromatic rings. The molecule has 0 radical (unpaired) electrons. The molecule has 0 aliphatic heterocycles. The summed E-state index contributed by atoms with van der Waals surface area (Å²) in [4.78, 5) is 20.5. The first-order valence-corrected chi connectivity index (χ1v) is 7.96.